The SMILES string of the molecule is CC=C1C[N+]2(C)CCC34c5cccc(O)c5NC3C(C=O)C1CC42. The zero-order valence-electron chi connectivity index (χ0n) is 14.3. The Morgan fingerprint density at radius 3 is 3.00 bits per heavy atom. The number of allylic oxidation sites excluding steroid dienone is 1. The number of fused-ring (bicyclic) bond motifs is 2. The molecule has 0 radical (unpaired) electrons. The first kappa shape index (κ1) is 14.5. The molecule has 2 bridgehead atoms. The fraction of sp³-hybridized carbons (Fsp3) is 0.550. The number of nitrogens with one attached hydrogen (secondary N) is 1. The van der Waals surface area contributed by atoms with Crippen LogP contribution in [-0.2, 0) is 10.2 Å². The lowest BCUT2D eigenvalue weighted by molar-refractivity contribution is -0.924. The average Bonchev–Trinajstić information content (AvgIpc) is 3.09. The molecule has 1 aromatic carbocycles. The van der Waals surface area contributed by atoms with E-state index < -0.39 is 0 Å². The Morgan fingerprint density at radius 1 is 1.42 bits per heavy atom. The second kappa shape index (κ2) is 4.42. The van der Waals surface area contributed by atoms with Gasteiger partial charge in [-0.15, -0.1) is 0 Å². The van der Waals surface area contributed by atoms with Crippen molar-refractivity contribution in [2.45, 2.75) is 37.3 Å². The number of aldehydes is 1. The van der Waals surface area contributed by atoms with Crippen molar-refractivity contribution >= 4 is 12.0 Å². The van der Waals surface area contributed by atoms with E-state index in [-0.39, 0.29) is 17.4 Å². The van der Waals surface area contributed by atoms with Crippen molar-refractivity contribution in [3.8, 4) is 5.75 Å². The summed E-state index contributed by atoms with van der Waals surface area (Å²) in [5.41, 5.74) is 3.55. The fourth-order valence-corrected chi connectivity index (χ4v) is 6.66. The molecule has 2 N–H and O–H groups in total. The van der Waals surface area contributed by atoms with Crippen molar-refractivity contribution in [2.24, 2.45) is 11.8 Å². The molecular weight excluding hydrogens is 300 g/mol. The van der Waals surface area contributed by atoms with Gasteiger partial charge in [0.1, 0.15) is 24.6 Å². The standard InChI is InChI=1S/C20H24N2O2/c1-3-12-10-22(2)8-7-20-15-5-4-6-16(24)18(15)21-19(20)14(11-23)13(12)9-17(20)22/h3-6,11,13-14,17,19,21H,7-10H2,1-2H3/p+1. The van der Waals surface area contributed by atoms with Crippen LogP contribution in [-0.4, -0.2) is 48.1 Å². The number of hydrogen-bond donors (Lipinski definition) is 2. The first-order valence-corrected chi connectivity index (χ1v) is 9.09. The number of carbonyl (C=O) groups excluding carboxylic acids is 1. The van der Waals surface area contributed by atoms with Crippen molar-refractivity contribution < 1.29 is 14.4 Å². The molecule has 4 nitrogen and oxygen atoms in total. The van der Waals surface area contributed by atoms with E-state index in [0.717, 1.165) is 36.1 Å². The molecule has 6 atom stereocenters. The number of benzene rings is 1. The number of aromatic hydroxyl groups is 1. The summed E-state index contributed by atoms with van der Waals surface area (Å²) in [7, 11) is 2.39. The first-order chi connectivity index (χ1) is 11.5. The summed E-state index contributed by atoms with van der Waals surface area (Å²) in [6.45, 7) is 4.33. The van der Waals surface area contributed by atoms with E-state index >= 15 is 0 Å². The summed E-state index contributed by atoms with van der Waals surface area (Å²) in [5.74, 6) is 0.665. The highest BCUT2D eigenvalue weighted by Crippen LogP contribution is 2.63. The maximum Gasteiger partial charge on any atom is 0.138 e. The number of likely N-dealkylation sites (N-methyl/N-ethyl adjacent to an activating group) is 1. The number of rotatable bonds is 1. The van der Waals surface area contributed by atoms with Crippen molar-refractivity contribution in [1.29, 1.82) is 0 Å². The van der Waals surface area contributed by atoms with Gasteiger partial charge < -0.3 is 19.7 Å². The molecule has 4 aliphatic rings. The summed E-state index contributed by atoms with van der Waals surface area (Å²) >= 11 is 0. The molecule has 0 amide bonds. The maximum atomic E-state index is 12.1. The lowest BCUT2D eigenvalue weighted by atomic mass is 9.55. The highest BCUT2D eigenvalue weighted by molar-refractivity contribution is 5.74. The molecule has 24 heavy (non-hydrogen) atoms. The van der Waals surface area contributed by atoms with Crippen LogP contribution in [0.2, 0.25) is 0 Å². The maximum absolute atomic E-state index is 12.1. The molecule has 126 valence electrons. The summed E-state index contributed by atoms with van der Waals surface area (Å²) < 4.78 is 1.08. The van der Waals surface area contributed by atoms with Gasteiger partial charge in [0.25, 0.3) is 0 Å². The molecule has 5 rings (SSSR count). The molecule has 4 heteroatoms. The van der Waals surface area contributed by atoms with Crippen LogP contribution in [0.15, 0.2) is 29.8 Å². The molecule has 1 spiro atoms. The summed E-state index contributed by atoms with van der Waals surface area (Å²) in [6.07, 6.45) is 5.61. The third-order valence-electron chi connectivity index (χ3n) is 7.66. The minimum atomic E-state index is -0.00975. The minimum Gasteiger partial charge on any atom is -0.506 e. The Hall–Kier alpha value is -1.81. The van der Waals surface area contributed by atoms with Crippen molar-refractivity contribution in [3.05, 3.63) is 35.4 Å². The monoisotopic (exact) mass is 325 g/mol. The largest absolute Gasteiger partial charge is 0.506 e. The second-order valence-corrected chi connectivity index (χ2v) is 8.41. The molecule has 3 heterocycles. The van der Waals surface area contributed by atoms with E-state index in [1.807, 2.05) is 6.07 Å². The zero-order chi connectivity index (χ0) is 16.7. The fourth-order valence-electron chi connectivity index (χ4n) is 6.66. The third kappa shape index (κ3) is 1.43. The van der Waals surface area contributed by atoms with Gasteiger partial charge in [0, 0.05) is 24.7 Å². The van der Waals surface area contributed by atoms with E-state index in [1.165, 1.54) is 17.4 Å². The van der Waals surface area contributed by atoms with Crippen LogP contribution < -0.4 is 5.32 Å². The number of carbonyl (C=O) groups is 1. The first-order valence-electron chi connectivity index (χ1n) is 9.09. The van der Waals surface area contributed by atoms with Gasteiger partial charge in [0.05, 0.1) is 30.7 Å². The van der Waals surface area contributed by atoms with Crippen LogP contribution in [0.25, 0.3) is 0 Å². The van der Waals surface area contributed by atoms with Gasteiger partial charge in [0.15, 0.2) is 0 Å². The molecule has 1 aliphatic carbocycles. The van der Waals surface area contributed by atoms with Gasteiger partial charge in [-0.3, -0.25) is 0 Å². The van der Waals surface area contributed by atoms with Crippen molar-refractivity contribution in [3.63, 3.8) is 0 Å². The van der Waals surface area contributed by atoms with Gasteiger partial charge in [-0.1, -0.05) is 18.2 Å². The minimum absolute atomic E-state index is 0.00824. The normalized spacial score (nSPS) is 46.3. The van der Waals surface area contributed by atoms with E-state index in [9.17, 15) is 9.90 Å². The molecule has 6 unspecified atom stereocenters. The molecule has 1 saturated carbocycles. The Balaban J connectivity index is 1.76. The van der Waals surface area contributed by atoms with E-state index in [2.05, 4.69) is 31.4 Å². The predicted molar refractivity (Wildman–Crippen MR) is 92.9 cm³/mol. The summed E-state index contributed by atoms with van der Waals surface area (Å²) in [4.78, 5) is 12.1. The number of anilines is 1. The number of piperidine rings is 1. The van der Waals surface area contributed by atoms with Crippen LogP contribution in [0.5, 0.6) is 5.75 Å². The Kier molecular flexibility index (Phi) is 2.68. The van der Waals surface area contributed by atoms with Gasteiger partial charge >= 0.3 is 0 Å². The summed E-state index contributed by atoms with van der Waals surface area (Å²) in [5, 5.41) is 14.0. The van der Waals surface area contributed by atoms with Crippen LogP contribution in [0, 0.1) is 11.8 Å². The number of hydrogen-bond acceptors (Lipinski definition) is 3. The van der Waals surface area contributed by atoms with E-state index in [4.69, 9.17) is 0 Å². The van der Waals surface area contributed by atoms with Gasteiger partial charge in [-0.05, 0) is 24.1 Å². The van der Waals surface area contributed by atoms with Crippen LogP contribution in [0.1, 0.15) is 25.3 Å². The molecular formula is C20H25N2O2+. The highest BCUT2D eigenvalue weighted by atomic mass is 16.3. The average molecular weight is 325 g/mol. The van der Waals surface area contributed by atoms with E-state index in [1.54, 1.807) is 6.07 Å². The van der Waals surface area contributed by atoms with E-state index in [0.29, 0.717) is 17.7 Å². The smallest absolute Gasteiger partial charge is 0.138 e. The van der Waals surface area contributed by atoms with Crippen LogP contribution in [0.4, 0.5) is 5.69 Å². The lowest BCUT2D eigenvalue weighted by Crippen LogP contribution is -2.67. The lowest BCUT2D eigenvalue weighted by Gasteiger charge is -2.55. The second-order valence-electron chi connectivity index (χ2n) is 8.41. The Labute approximate surface area is 142 Å². The number of para-hydroxylation sites is 1. The molecule has 0 aromatic heterocycles. The molecule has 1 aromatic rings. The van der Waals surface area contributed by atoms with Crippen LogP contribution in [0.3, 0.4) is 0 Å². The molecule has 3 fully saturated rings. The number of quaternary nitrogens is 1. The van der Waals surface area contributed by atoms with Crippen molar-refractivity contribution in [1.82, 2.24) is 0 Å². The number of phenols is 1. The van der Waals surface area contributed by atoms with Gasteiger partial charge in [-0.2, -0.15) is 0 Å². The quantitative estimate of drug-likeness (QED) is 0.361. The number of nitrogens with zero attached hydrogens (tertiary/aromatic N) is 1. The molecule has 2 saturated heterocycles. The van der Waals surface area contributed by atoms with Crippen LogP contribution >= 0.6 is 0 Å². The number of phenolic OH excluding ortho intramolecular Hbond substituents is 1. The topological polar surface area (TPSA) is 49.3 Å². The summed E-state index contributed by atoms with van der Waals surface area (Å²) in [6, 6.07) is 6.52. The highest BCUT2D eigenvalue weighted by Gasteiger charge is 2.71. The van der Waals surface area contributed by atoms with Crippen molar-refractivity contribution in [2.75, 3.05) is 25.5 Å². The Morgan fingerprint density at radius 2 is 2.25 bits per heavy atom. The predicted octanol–water partition coefficient (Wildman–Crippen LogP) is 2.44. The zero-order valence-corrected chi connectivity index (χ0v) is 14.3. The van der Waals surface area contributed by atoms with Gasteiger partial charge in [0.2, 0.25) is 0 Å². The molecule has 3 aliphatic heterocycles. The third-order valence-corrected chi connectivity index (χ3v) is 7.66. The van der Waals surface area contributed by atoms with Gasteiger partial charge in [-0.25, -0.2) is 0 Å². The Bertz CT molecular complexity index is 773.